The van der Waals surface area contributed by atoms with Crippen LogP contribution in [0.15, 0.2) is 108 Å². The standard InChI is InChI=1S/C34H26N4O5/c39-28(18-21-14-16-23(17-15-21)38(42)43)36-35-20-34-26-12-6-4-10-24(26)29(25-11-5-7-13-27(25)34)30-31(34)33(41)37(32(30)40)19-22-8-2-1-3-9-22/h1-17,20,29-31H,18-19H2,(H,36,39)/b35-20-/t29?,30-,31+,34?/m0/s1. The van der Waals surface area contributed by atoms with E-state index in [1.807, 2.05) is 78.9 Å². The van der Waals surface area contributed by atoms with Crippen LogP contribution in [0.4, 0.5) is 5.69 Å². The lowest BCUT2D eigenvalue weighted by Gasteiger charge is -2.52. The molecular weight excluding hydrogens is 544 g/mol. The van der Waals surface area contributed by atoms with E-state index >= 15 is 0 Å². The number of rotatable bonds is 7. The second-order valence-corrected chi connectivity index (χ2v) is 11.2. The van der Waals surface area contributed by atoms with Crippen molar-refractivity contribution in [3.05, 3.63) is 147 Å². The normalized spacial score (nSPS) is 23.2. The predicted octanol–water partition coefficient (Wildman–Crippen LogP) is 4.49. The van der Waals surface area contributed by atoms with E-state index in [1.165, 1.54) is 29.2 Å². The van der Waals surface area contributed by atoms with Crippen molar-refractivity contribution in [2.45, 2.75) is 24.3 Å². The molecule has 43 heavy (non-hydrogen) atoms. The Balaban J connectivity index is 1.28. The summed E-state index contributed by atoms with van der Waals surface area (Å²) in [6.45, 7) is 0.185. The fourth-order valence-electron chi connectivity index (χ4n) is 7.20. The minimum absolute atomic E-state index is 0.0358. The van der Waals surface area contributed by atoms with E-state index in [-0.39, 0.29) is 36.4 Å². The van der Waals surface area contributed by atoms with Crippen LogP contribution in [0.3, 0.4) is 0 Å². The Morgan fingerprint density at radius 1 is 0.837 bits per heavy atom. The van der Waals surface area contributed by atoms with Gasteiger partial charge in [-0.2, -0.15) is 5.10 Å². The SMILES string of the molecule is O=C(Cc1ccc([N+](=O)[O-])cc1)N/N=C\C12c3ccccc3C(c3ccccc31)[C@@H]1C(=O)N(Cc3ccccc3)C(=O)[C@@H]12. The molecule has 0 aromatic heterocycles. The molecule has 9 nitrogen and oxygen atoms in total. The van der Waals surface area contributed by atoms with Crippen LogP contribution in [0.5, 0.6) is 0 Å². The molecule has 0 radical (unpaired) electrons. The van der Waals surface area contributed by atoms with E-state index in [9.17, 15) is 24.5 Å². The summed E-state index contributed by atoms with van der Waals surface area (Å²) in [7, 11) is 0. The van der Waals surface area contributed by atoms with Crippen molar-refractivity contribution in [2.24, 2.45) is 16.9 Å². The van der Waals surface area contributed by atoms with Crippen LogP contribution in [0.1, 0.15) is 39.3 Å². The third kappa shape index (κ3) is 4.07. The monoisotopic (exact) mass is 570 g/mol. The zero-order valence-corrected chi connectivity index (χ0v) is 22.9. The Hall–Kier alpha value is -5.44. The molecular formula is C34H26N4O5. The molecule has 4 aromatic carbocycles. The van der Waals surface area contributed by atoms with Gasteiger partial charge >= 0.3 is 0 Å². The third-order valence-corrected chi connectivity index (χ3v) is 8.93. The van der Waals surface area contributed by atoms with Crippen molar-refractivity contribution in [1.29, 1.82) is 0 Å². The highest BCUT2D eigenvalue weighted by molar-refractivity contribution is 6.11. The molecule has 1 fully saturated rings. The lowest BCUT2D eigenvalue weighted by atomic mass is 9.47. The summed E-state index contributed by atoms with van der Waals surface area (Å²) in [5.74, 6) is -2.48. The number of amides is 3. The van der Waals surface area contributed by atoms with Gasteiger partial charge in [0, 0.05) is 24.3 Å². The highest BCUT2D eigenvalue weighted by Crippen LogP contribution is 2.63. The van der Waals surface area contributed by atoms with Gasteiger partial charge in [-0.05, 0) is 33.4 Å². The number of nitrogens with zero attached hydrogens (tertiary/aromatic N) is 3. The number of likely N-dealkylation sites (tertiary alicyclic amines) is 1. The molecule has 4 aliphatic rings. The van der Waals surface area contributed by atoms with Gasteiger partial charge in [-0.3, -0.25) is 29.4 Å². The number of carbonyl (C=O) groups excluding carboxylic acids is 3. The van der Waals surface area contributed by atoms with Gasteiger partial charge < -0.3 is 0 Å². The molecule has 212 valence electrons. The van der Waals surface area contributed by atoms with Gasteiger partial charge in [0.2, 0.25) is 17.7 Å². The first kappa shape index (κ1) is 26.5. The van der Waals surface area contributed by atoms with Gasteiger partial charge in [-0.1, -0.05) is 91.0 Å². The minimum atomic E-state index is -1.08. The van der Waals surface area contributed by atoms with E-state index in [1.54, 1.807) is 6.21 Å². The van der Waals surface area contributed by atoms with Crippen LogP contribution in [-0.4, -0.2) is 33.8 Å². The molecule has 4 aromatic rings. The van der Waals surface area contributed by atoms with Gasteiger partial charge in [0.1, 0.15) is 0 Å². The number of nitro benzene ring substituents is 1. The number of nitrogens with one attached hydrogen (secondary N) is 1. The van der Waals surface area contributed by atoms with E-state index in [0.29, 0.717) is 5.56 Å². The van der Waals surface area contributed by atoms with Crippen LogP contribution in [0.2, 0.25) is 0 Å². The first-order valence-electron chi connectivity index (χ1n) is 14.0. The maximum Gasteiger partial charge on any atom is 0.269 e. The van der Waals surface area contributed by atoms with Crippen molar-refractivity contribution in [3.8, 4) is 0 Å². The Bertz CT molecular complexity index is 1770. The highest BCUT2D eigenvalue weighted by Gasteiger charge is 2.67. The maximum atomic E-state index is 14.3. The maximum absolute atomic E-state index is 14.3. The summed E-state index contributed by atoms with van der Waals surface area (Å²) in [4.78, 5) is 53.1. The number of benzene rings is 4. The molecule has 2 bridgehead atoms. The van der Waals surface area contributed by atoms with Crippen molar-refractivity contribution < 1.29 is 19.3 Å². The summed E-state index contributed by atoms with van der Waals surface area (Å²) >= 11 is 0. The molecule has 0 spiro atoms. The molecule has 2 atom stereocenters. The topological polar surface area (TPSA) is 122 Å². The number of imide groups is 1. The van der Waals surface area contributed by atoms with Gasteiger partial charge in [-0.25, -0.2) is 5.43 Å². The number of non-ortho nitro benzene ring substituents is 1. The minimum Gasteiger partial charge on any atom is -0.278 e. The lowest BCUT2D eigenvalue weighted by molar-refractivity contribution is -0.384. The Labute approximate surface area is 247 Å². The number of hydrogen-bond donors (Lipinski definition) is 1. The van der Waals surface area contributed by atoms with Crippen LogP contribution >= 0.6 is 0 Å². The van der Waals surface area contributed by atoms with Crippen LogP contribution < -0.4 is 5.43 Å². The largest absolute Gasteiger partial charge is 0.278 e. The lowest BCUT2D eigenvalue weighted by Crippen LogP contribution is -2.54. The van der Waals surface area contributed by atoms with Crippen LogP contribution in [-0.2, 0) is 32.8 Å². The first-order valence-corrected chi connectivity index (χ1v) is 14.0. The van der Waals surface area contributed by atoms with E-state index in [0.717, 1.165) is 27.8 Å². The van der Waals surface area contributed by atoms with Gasteiger partial charge in [0.25, 0.3) is 5.69 Å². The second kappa shape index (κ2) is 10.1. The molecule has 1 saturated heterocycles. The van der Waals surface area contributed by atoms with E-state index in [2.05, 4.69) is 10.5 Å². The fraction of sp³-hybridized carbons (Fsp3) is 0.176. The molecule has 1 N–H and O–H groups in total. The third-order valence-electron chi connectivity index (χ3n) is 8.93. The second-order valence-electron chi connectivity index (χ2n) is 11.2. The van der Waals surface area contributed by atoms with Gasteiger partial charge in [-0.15, -0.1) is 0 Å². The summed E-state index contributed by atoms with van der Waals surface area (Å²) in [6.07, 6.45) is 1.59. The van der Waals surface area contributed by atoms with Crippen molar-refractivity contribution in [1.82, 2.24) is 10.3 Å². The molecule has 0 unspecified atom stereocenters. The van der Waals surface area contributed by atoms with Gasteiger partial charge in [0.05, 0.1) is 35.1 Å². The molecule has 1 aliphatic heterocycles. The smallest absolute Gasteiger partial charge is 0.269 e. The zero-order valence-electron chi connectivity index (χ0n) is 22.9. The average molecular weight is 571 g/mol. The average Bonchev–Trinajstić information content (AvgIpc) is 3.28. The molecule has 1 heterocycles. The Kier molecular flexibility index (Phi) is 6.23. The summed E-state index contributed by atoms with van der Waals surface area (Å²) in [6, 6.07) is 30.9. The zero-order chi connectivity index (χ0) is 29.7. The van der Waals surface area contributed by atoms with E-state index in [4.69, 9.17) is 0 Å². The summed E-state index contributed by atoms with van der Waals surface area (Å²) in [5.41, 5.74) is 6.68. The van der Waals surface area contributed by atoms with Crippen molar-refractivity contribution >= 4 is 29.6 Å². The van der Waals surface area contributed by atoms with Crippen LogP contribution in [0, 0.1) is 22.0 Å². The number of hydrazone groups is 1. The Morgan fingerprint density at radius 3 is 2.07 bits per heavy atom. The summed E-state index contributed by atoms with van der Waals surface area (Å²) < 4.78 is 0. The number of hydrogen-bond acceptors (Lipinski definition) is 6. The fourth-order valence-corrected chi connectivity index (χ4v) is 7.20. The van der Waals surface area contributed by atoms with Crippen molar-refractivity contribution in [3.63, 3.8) is 0 Å². The summed E-state index contributed by atoms with van der Waals surface area (Å²) in [5, 5.41) is 15.4. The molecule has 9 heteroatoms. The van der Waals surface area contributed by atoms with Gasteiger partial charge in [0.15, 0.2) is 0 Å². The Morgan fingerprint density at radius 2 is 1.44 bits per heavy atom. The van der Waals surface area contributed by atoms with E-state index < -0.39 is 28.1 Å². The molecule has 3 aliphatic carbocycles. The quantitative estimate of drug-likeness (QED) is 0.152. The molecule has 3 amide bonds. The molecule has 0 saturated carbocycles. The number of nitro groups is 1. The van der Waals surface area contributed by atoms with Crippen molar-refractivity contribution in [2.75, 3.05) is 0 Å². The first-order chi connectivity index (χ1) is 20.9. The van der Waals surface area contributed by atoms with Crippen LogP contribution in [0.25, 0.3) is 0 Å². The highest BCUT2D eigenvalue weighted by atomic mass is 16.6. The molecule has 8 rings (SSSR count). The predicted molar refractivity (Wildman–Crippen MR) is 158 cm³/mol. The number of carbonyl (C=O) groups is 3.